The minimum absolute atomic E-state index is 0.0102. The Kier molecular flexibility index (Phi) is 7.46. The zero-order chi connectivity index (χ0) is 23.4. The molecule has 0 radical (unpaired) electrons. The van der Waals surface area contributed by atoms with Crippen LogP contribution >= 0.6 is 11.6 Å². The molecule has 0 saturated carbocycles. The summed E-state index contributed by atoms with van der Waals surface area (Å²) in [5.74, 6) is 0.136. The largest absolute Gasteiger partial charge is 0.494 e. The number of anilines is 1. The standard InChI is InChI=1S/C26H28ClF2N3O/c1-3-14-33-22-9-11-25(23(27)15-22)32-13-12-31(18(2)24-10-8-21(29)16-30-24)17-26(32)19-4-6-20(28)7-5-19/h4-11,15-16,18,26H,3,12-14,17H2,1-2H3/t18-,26+/m1/s1. The second-order valence-electron chi connectivity index (χ2n) is 8.29. The van der Waals surface area contributed by atoms with Crippen LogP contribution in [0.3, 0.4) is 0 Å². The lowest BCUT2D eigenvalue weighted by Crippen LogP contribution is -2.49. The topological polar surface area (TPSA) is 28.6 Å². The Morgan fingerprint density at radius 2 is 1.82 bits per heavy atom. The molecule has 1 fully saturated rings. The first-order valence-electron chi connectivity index (χ1n) is 11.3. The van der Waals surface area contributed by atoms with Crippen LogP contribution in [0.4, 0.5) is 14.5 Å². The summed E-state index contributed by atoms with van der Waals surface area (Å²) in [7, 11) is 0. The molecule has 2 atom stereocenters. The zero-order valence-corrected chi connectivity index (χ0v) is 19.6. The fourth-order valence-corrected chi connectivity index (χ4v) is 4.55. The van der Waals surface area contributed by atoms with Gasteiger partial charge in [-0.05, 0) is 55.3 Å². The van der Waals surface area contributed by atoms with Gasteiger partial charge >= 0.3 is 0 Å². The van der Waals surface area contributed by atoms with E-state index >= 15 is 0 Å². The van der Waals surface area contributed by atoms with Crippen molar-refractivity contribution in [3.05, 3.63) is 88.7 Å². The molecule has 1 aliphatic heterocycles. The van der Waals surface area contributed by atoms with E-state index < -0.39 is 0 Å². The quantitative estimate of drug-likeness (QED) is 0.397. The summed E-state index contributed by atoms with van der Waals surface area (Å²) in [6.45, 7) is 6.97. The van der Waals surface area contributed by atoms with Crippen LogP contribution in [0.1, 0.15) is 43.6 Å². The molecule has 0 N–H and O–H groups in total. The monoisotopic (exact) mass is 471 g/mol. The molecule has 0 aliphatic carbocycles. The average molecular weight is 472 g/mol. The third-order valence-electron chi connectivity index (χ3n) is 6.09. The van der Waals surface area contributed by atoms with Crippen molar-refractivity contribution in [1.29, 1.82) is 0 Å². The van der Waals surface area contributed by atoms with E-state index in [-0.39, 0.29) is 23.7 Å². The Bertz CT molecular complexity index is 1060. The molecule has 3 aromatic rings. The first-order chi connectivity index (χ1) is 16.0. The second kappa shape index (κ2) is 10.5. The molecule has 0 amide bonds. The van der Waals surface area contributed by atoms with E-state index in [1.165, 1.54) is 24.4 Å². The van der Waals surface area contributed by atoms with E-state index in [1.54, 1.807) is 6.07 Å². The number of ether oxygens (including phenoxy) is 1. The lowest BCUT2D eigenvalue weighted by atomic mass is 9.99. The molecule has 1 aliphatic rings. The molecule has 0 unspecified atom stereocenters. The molecule has 2 heterocycles. The van der Waals surface area contributed by atoms with Crippen molar-refractivity contribution >= 4 is 17.3 Å². The number of benzene rings is 2. The van der Waals surface area contributed by atoms with Crippen molar-refractivity contribution in [2.45, 2.75) is 32.4 Å². The number of hydrogen-bond donors (Lipinski definition) is 0. The summed E-state index contributed by atoms with van der Waals surface area (Å²) in [5, 5.41) is 0.623. The van der Waals surface area contributed by atoms with Crippen LogP contribution in [0.15, 0.2) is 60.8 Å². The van der Waals surface area contributed by atoms with Crippen molar-refractivity contribution in [3.8, 4) is 5.75 Å². The SMILES string of the molecule is CCCOc1ccc(N2CCN([C@H](C)c3ccc(F)cn3)C[C@H]2c2ccc(F)cc2)c(Cl)c1. The smallest absolute Gasteiger partial charge is 0.141 e. The van der Waals surface area contributed by atoms with Crippen molar-refractivity contribution < 1.29 is 13.5 Å². The summed E-state index contributed by atoms with van der Waals surface area (Å²) in [6, 6.07) is 15.5. The molecule has 4 nitrogen and oxygen atoms in total. The van der Waals surface area contributed by atoms with Crippen LogP contribution in [-0.2, 0) is 0 Å². The van der Waals surface area contributed by atoms with Gasteiger partial charge in [-0.3, -0.25) is 9.88 Å². The summed E-state index contributed by atoms with van der Waals surface area (Å²) in [6.07, 6.45) is 2.18. The highest BCUT2D eigenvalue weighted by Gasteiger charge is 2.32. The van der Waals surface area contributed by atoms with Gasteiger partial charge in [0.25, 0.3) is 0 Å². The molecule has 0 spiro atoms. The number of aromatic nitrogens is 1. The lowest BCUT2D eigenvalue weighted by molar-refractivity contribution is 0.168. The molecular formula is C26H28ClF2N3O. The van der Waals surface area contributed by atoms with Crippen molar-refractivity contribution in [1.82, 2.24) is 9.88 Å². The summed E-state index contributed by atoms with van der Waals surface area (Å²) >= 11 is 6.69. The second-order valence-corrected chi connectivity index (χ2v) is 8.70. The minimum Gasteiger partial charge on any atom is -0.494 e. The maximum atomic E-state index is 13.6. The Morgan fingerprint density at radius 1 is 1.06 bits per heavy atom. The number of rotatable bonds is 7. The van der Waals surface area contributed by atoms with Gasteiger partial charge < -0.3 is 9.64 Å². The number of hydrogen-bond acceptors (Lipinski definition) is 4. The number of piperazine rings is 1. The summed E-state index contributed by atoms with van der Waals surface area (Å²) in [5.41, 5.74) is 2.74. The van der Waals surface area contributed by atoms with Gasteiger partial charge in [0.2, 0.25) is 0 Å². The number of pyridine rings is 1. The number of nitrogens with zero attached hydrogens (tertiary/aromatic N) is 3. The van der Waals surface area contributed by atoms with E-state index in [9.17, 15) is 8.78 Å². The maximum Gasteiger partial charge on any atom is 0.141 e. The fraction of sp³-hybridized carbons (Fsp3) is 0.346. The predicted octanol–water partition coefficient (Wildman–Crippen LogP) is 6.43. The highest BCUT2D eigenvalue weighted by molar-refractivity contribution is 6.33. The van der Waals surface area contributed by atoms with Crippen molar-refractivity contribution in [2.75, 3.05) is 31.1 Å². The van der Waals surface area contributed by atoms with E-state index in [1.807, 2.05) is 30.3 Å². The van der Waals surface area contributed by atoms with Crippen molar-refractivity contribution in [2.24, 2.45) is 0 Å². The first kappa shape index (κ1) is 23.5. The lowest BCUT2D eigenvalue weighted by Gasteiger charge is -2.45. The summed E-state index contributed by atoms with van der Waals surface area (Å²) < 4.78 is 32.7. The van der Waals surface area contributed by atoms with Gasteiger partial charge in [-0.2, -0.15) is 0 Å². The maximum absolute atomic E-state index is 13.6. The van der Waals surface area contributed by atoms with E-state index in [4.69, 9.17) is 16.3 Å². The number of halogens is 3. The molecular weight excluding hydrogens is 444 g/mol. The average Bonchev–Trinajstić information content (AvgIpc) is 2.83. The van der Waals surface area contributed by atoms with Gasteiger partial charge in [-0.25, -0.2) is 8.78 Å². The van der Waals surface area contributed by atoms with Gasteiger partial charge in [0.05, 0.1) is 35.2 Å². The van der Waals surface area contributed by atoms with E-state index in [0.29, 0.717) is 18.2 Å². The molecule has 7 heteroatoms. The van der Waals surface area contributed by atoms with Crippen LogP contribution in [0.5, 0.6) is 5.75 Å². The van der Waals surface area contributed by atoms with Crippen LogP contribution in [0.25, 0.3) is 0 Å². The normalized spacial score (nSPS) is 17.7. The Morgan fingerprint density at radius 3 is 2.48 bits per heavy atom. The molecule has 1 aromatic heterocycles. The zero-order valence-electron chi connectivity index (χ0n) is 18.8. The summed E-state index contributed by atoms with van der Waals surface area (Å²) in [4.78, 5) is 8.85. The third kappa shape index (κ3) is 5.45. The molecule has 4 rings (SSSR count). The van der Waals surface area contributed by atoms with Gasteiger partial charge in [-0.1, -0.05) is 30.7 Å². The van der Waals surface area contributed by atoms with Crippen molar-refractivity contribution in [3.63, 3.8) is 0 Å². The highest BCUT2D eigenvalue weighted by Crippen LogP contribution is 2.38. The highest BCUT2D eigenvalue weighted by atomic mass is 35.5. The van der Waals surface area contributed by atoms with Gasteiger partial charge in [0.15, 0.2) is 0 Å². The molecule has 1 saturated heterocycles. The van der Waals surface area contributed by atoms with Crippen LogP contribution in [-0.4, -0.2) is 36.1 Å². The minimum atomic E-state index is -0.346. The predicted molar refractivity (Wildman–Crippen MR) is 128 cm³/mol. The van der Waals surface area contributed by atoms with Gasteiger partial charge in [-0.15, -0.1) is 0 Å². The van der Waals surface area contributed by atoms with Crippen LogP contribution < -0.4 is 9.64 Å². The molecule has 174 valence electrons. The Labute approximate surface area is 198 Å². The van der Waals surface area contributed by atoms with E-state index in [0.717, 1.165) is 42.2 Å². The van der Waals surface area contributed by atoms with E-state index in [2.05, 4.69) is 28.6 Å². The molecule has 2 aromatic carbocycles. The van der Waals surface area contributed by atoms with Crippen LogP contribution in [0, 0.1) is 11.6 Å². The first-order valence-corrected chi connectivity index (χ1v) is 11.6. The third-order valence-corrected chi connectivity index (χ3v) is 6.40. The van der Waals surface area contributed by atoms with Gasteiger partial charge in [0.1, 0.15) is 17.4 Å². The Balaban J connectivity index is 1.62. The fourth-order valence-electron chi connectivity index (χ4n) is 4.27. The van der Waals surface area contributed by atoms with Crippen LogP contribution in [0.2, 0.25) is 5.02 Å². The Hall–Kier alpha value is -2.70. The van der Waals surface area contributed by atoms with Gasteiger partial charge in [0, 0.05) is 31.7 Å². The molecule has 0 bridgehead atoms. The molecule has 33 heavy (non-hydrogen) atoms.